The van der Waals surface area contributed by atoms with Gasteiger partial charge in [-0.2, -0.15) is 0 Å². The van der Waals surface area contributed by atoms with E-state index in [0.29, 0.717) is 6.04 Å². The smallest absolute Gasteiger partial charge is 0.128 e. The molecule has 0 unspecified atom stereocenters. The lowest BCUT2D eigenvalue weighted by molar-refractivity contribution is -0.676. The molecule has 0 amide bonds. The van der Waals surface area contributed by atoms with Gasteiger partial charge in [0.25, 0.3) is 0 Å². The number of ether oxygens (including phenoxy) is 1. The summed E-state index contributed by atoms with van der Waals surface area (Å²) < 4.78 is 5.63. The average molecular weight is 192 g/mol. The van der Waals surface area contributed by atoms with E-state index in [4.69, 9.17) is 4.74 Å². The molecule has 1 heterocycles. The molecular weight excluding hydrogens is 174 g/mol. The van der Waals surface area contributed by atoms with E-state index in [1.165, 1.54) is 24.9 Å². The van der Waals surface area contributed by atoms with Crippen molar-refractivity contribution in [2.75, 3.05) is 13.2 Å². The van der Waals surface area contributed by atoms with Crippen LogP contribution in [0, 0.1) is 0 Å². The number of para-hydroxylation sites is 1. The zero-order valence-corrected chi connectivity index (χ0v) is 8.70. The molecule has 0 spiro atoms. The van der Waals surface area contributed by atoms with E-state index in [0.717, 1.165) is 12.4 Å². The lowest BCUT2D eigenvalue weighted by Crippen LogP contribution is -2.81. The fraction of sp³-hybridized carbons (Fsp3) is 0.500. The Morgan fingerprint density at radius 1 is 1.43 bits per heavy atom. The van der Waals surface area contributed by atoms with Gasteiger partial charge in [-0.3, -0.25) is 0 Å². The molecule has 1 saturated heterocycles. The first-order valence-corrected chi connectivity index (χ1v) is 5.47. The lowest BCUT2D eigenvalue weighted by Gasteiger charge is -2.13. The van der Waals surface area contributed by atoms with Crippen molar-refractivity contribution in [3.63, 3.8) is 0 Å². The number of hydrogen-bond acceptors (Lipinski definition) is 1. The molecule has 2 nitrogen and oxygen atoms in total. The second-order valence-corrected chi connectivity index (χ2v) is 3.74. The molecule has 1 aliphatic rings. The minimum atomic E-state index is 0.623. The molecule has 76 valence electrons. The Bertz CT molecular complexity index is 292. The summed E-state index contributed by atoms with van der Waals surface area (Å²) in [5.41, 5.74) is 1.37. The normalized spacial score (nSPS) is 21.1. The molecule has 1 aromatic rings. The summed E-state index contributed by atoms with van der Waals surface area (Å²) in [6, 6.07) is 9.04. The molecule has 1 atom stereocenters. The van der Waals surface area contributed by atoms with Crippen LogP contribution in [0.15, 0.2) is 24.3 Å². The van der Waals surface area contributed by atoms with Crippen molar-refractivity contribution >= 4 is 0 Å². The van der Waals surface area contributed by atoms with Crippen LogP contribution in [-0.4, -0.2) is 13.2 Å². The first-order chi connectivity index (χ1) is 6.92. The van der Waals surface area contributed by atoms with Crippen molar-refractivity contribution in [3.05, 3.63) is 29.8 Å². The second kappa shape index (κ2) is 4.47. The Balaban J connectivity index is 2.21. The SMILES string of the molecule is CCOc1ccccc1[C@H]1CCC[NH2+]1. The Morgan fingerprint density at radius 3 is 3.00 bits per heavy atom. The molecule has 0 radical (unpaired) electrons. The summed E-state index contributed by atoms with van der Waals surface area (Å²) >= 11 is 0. The highest BCUT2D eigenvalue weighted by atomic mass is 16.5. The van der Waals surface area contributed by atoms with Gasteiger partial charge in [-0.05, 0) is 19.1 Å². The van der Waals surface area contributed by atoms with Crippen LogP contribution in [0.2, 0.25) is 0 Å². The zero-order chi connectivity index (χ0) is 9.80. The number of nitrogens with two attached hydrogens (primary N) is 1. The van der Waals surface area contributed by atoms with E-state index in [2.05, 4.69) is 23.5 Å². The molecule has 0 aliphatic carbocycles. The number of benzene rings is 1. The third-order valence-electron chi connectivity index (χ3n) is 2.79. The van der Waals surface area contributed by atoms with Crippen LogP contribution >= 0.6 is 0 Å². The highest BCUT2D eigenvalue weighted by Crippen LogP contribution is 2.26. The number of rotatable bonds is 3. The average Bonchev–Trinajstić information content (AvgIpc) is 2.72. The topological polar surface area (TPSA) is 25.8 Å². The molecule has 1 aliphatic heterocycles. The van der Waals surface area contributed by atoms with E-state index < -0.39 is 0 Å². The molecule has 14 heavy (non-hydrogen) atoms. The van der Waals surface area contributed by atoms with Crippen molar-refractivity contribution in [1.82, 2.24) is 0 Å². The number of quaternary nitrogens is 1. The molecule has 2 rings (SSSR count). The van der Waals surface area contributed by atoms with Gasteiger partial charge in [0.15, 0.2) is 0 Å². The van der Waals surface area contributed by atoms with Gasteiger partial charge in [0.05, 0.1) is 18.7 Å². The van der Waals surface area contributed by atoms with Gasteiger partial charge in [-0.15, -0.1) is 0 Å². The van der Waals surface area contributed by atoms with Crippen LogP contribution in [0.25, 0.3) is 0 Å². The molecule has 0 saturated carbocycles. The summed E-state index contributed by atoms with van der Waals surface area (Å²) in [5, 5.41) is 2.41. The van der Waals surface area contributed by atoms with Gasteiger partial charge in [0.1, 0.15) is 11.8 Å². The summed E-state index contributed by atoms with van der Waals surface area (Å²) in [4.78, 5) is 0. The van der Waals surface area contributed by atoms with E-state index >= 15 is 0 Å². The predicted octanol–water partition coefficient (Wildman–Crippen LogP) is 1.48. The molecule has 0 bridgehead atoms. The van der Waals surface area contributed by atoms with E-state index in [9.17, 15) is 0 Å². The molecule has 0 aromatic heterocycles. The minimum absolute atomic E-state index is 0.623. The van der Waals surface area contributed by atoms with Crippen molar-refractivity contribution in [2.45, 2.75) is 25.8 Å². The molecular formula is C12H18NO+. The van der Waals surface area contributed by atoms with Crippen LogP contribution in [0.1, 0.15) is 31.4 Å². The standard InChI is InChI=1S/C12H17NO/c1-2-14-12-8-4-3-6-10(12)11-7-5-9-13-11/h3-4,6,8,11,13H,2,5,7,9H2,1H3/p+1/t11-/m1/s1. The van der Waals surface area contributed by atoms with Crippen LogP contribution in [0.4, 0.5) is 0 Å². The molecule has 2 heteroatoms. The maximum Gasteiger partial charge on any atom is 0.128 e. The minimum Gasteiger partial charge on any atom is -0.493 e. The maximum absolute atomic E-state index is 5.63. The summed E-state index contributed by atoms with van der Waals surface area (Å²) in [6.45, 7) is 4.05. The third kappa shape index (κ3) is 1.90. The first-order valence-electron chi connectivity index (χ1n) is 5.47. The van der Waals surface area contributed by atoms with Gasteiger partial charge in [0, 0.05) is 12.8 Å². The van der Waals surface area contributed by atoms with Crippen molar-refractivity contribution in [1.29, 1.82) is 0 Å². The molecule has 1 fully saturated rings. The first kappa shape index (κ1) is 9.53. The zero-order valence-electron chi connectivity index (χ0n) is 8.70. The Kier molecular flexibility index (Phi) is 3.04. The Morgan fingerprint density at radius 2 is 2.29 bits per heavy atom. The van der Waals surface area contributed by atoms with Gasteiger partial charge in [-0.25, -0.2) is 0 Å². The quantitative estimate of drug-likeness (QED) is 0.771. The van der Waals surface area contributed by atoms with Gasteiger partial charge >= 0.3 is 0 Å². The molecule has 1 aromatic carbocycles. The Labute approximate surface area is 85.3 Å². The predicted molar refractivity (Wildman–Crippen MR) is 56.4 cm³/mol. The summed E-state index contributed by atoms with van der Waals surface area (Å²) in [5.74, 6) is 1.07. The van der Waals surface area contributed by atoms with Crippen LogP contribution < -0.4 is 10.1 Å². The van der Waals surface area contributed by atoms with Gasteiger partial charge in [-0.1, -0.05) is 12.1 Å². The summed E-state index contributed by atoms with van der Waals surface area (Å²) in [6.07, 6.45) is 2.61. The Hall–Kier alpha value is -1.02. The number of hydrogen-bond donors (Lipinski definition) is 1. The summed E-state index contributed by atoms with van der Waals surface area (Å²) in [7, 11) is 0. The van der Waals surface area contributed by atoms with Crippen molar-refractivity contribution in [3.8, 4) is 5.75 Å². The van der Waals surface area contributed by atoms with Gasteiger partial charge in [0.2, 0.25) is 0 Å². The fourth-order valence-corrected chi connectivity index (χ4v) is 2.13. The lowest BCUT2D eigenvalue weighted by atomic mass is 10.0. The highest BCUT2D eigenvalue weighted by molar-refractivity contribution is 5.35. The van der Waals surface area contributed by atoms with Crippen molar-refractivity contribution in [2.24, 2.45) is 0 Å². The van der Waals surface area contributed by atoms with E-state index in [-0.39, 0.29) is 0 Å². The van der Waals surface area contributed by atoms with Crippen LogP contribution in [0.3, 0.4) is 0 Å². The van der Waals surface area contributed by atoms with Gasteiger partial charge < -0.3 is 10.1 Å². The second-order valence-electron chi connectivity index (χ2n) is 3.74. The van der Waals surface area contributed by atoms with E-state index in [1.54, 1.807) is 0 Å². The highest BCUT2D eigenvalue weighted by Gasteiger charge is 2.23. The third-order valence-corrected chi connectivity index (χ3v) is 2.79. The fourth-order valence-electron chi connectivity index (χ4n) is 2.13. The monoisotopic (exact) mass is 192 g/mol. The van der Waals surface area contributed by atoms with Crippen molar-refractivity contribution < 1.29 is 10.1 Å². The molecule has 2 N–H and O–H groups in total. The van der Waals surface area contributed by atoms with Crippen LogP contribution in [-0.2, 0) is 0 Å². The van der Waals surface area contributed by atoms with Crippen LogP contribution in [0.5, 0.6) is 5.75 Å². The van der Waals surface area contributed by atoms with E-state index in [1.807, 2.05) is 13.0 Å². The maximum atomic E-state index is 5.63. The largest absolute Gasteiger partial charge is 0.493 e.